The van der Waals surface area contributed by atoms with Crippen LogP contribution < -0.4 is 5.73 Å². The summed E-state index contributed by atoms with van der Waals surface area (Å²) in [6.45, 7) is 8.55. The number of aromatic nitrogens is 2. The highest BCUT2D eigenvalue weighted by atomic mass is 127. The topological polar surface area (TPSA) is 51.8 Å². The van der Waals surface area contributed by atoms with Crippen LogP contribution in [0, 0.1) is 23.3 Å². The fraction of sp³-hybridized carbons (Fsp3) is 0.375. The summed E-state index contributed by atoms with van der Waals surface area (Å²) in [6.07, 6.45) is 0.920. The minimum absolute atomic E-state index is 0.545. The van der Waals surface area contributed by atoms with Crippen LogP contribution in [-0.4, -0.2) is 9.97 Å². The van der Waals surface area contributed by atoms with Gasteiger partial charge in [0.2, 0.25) is 0 Å². The zero-order valence-electron chi connectivity index (χ0n) is 12.4. The van der Waals surface area contributed by atoms with Gasteiger partial charge in [-0.05, 0) is 59.9 Å². The van der Waals surface area contributed by atoms with Crippen LogP contribution in [0.2, 0.25) is 0 Å². The SMILES string of the molecule is Cc1cccc(C)c1-c1nc(N)c(I)c(CC(C)C)n1. The van der Waals surface area contributed by atoms with Crippen molar-refractivity contribution in [2.45, 2.75) is 34.1 Å². The van der Waals surface area contributed by atoms with E-state index in [0.29, 0.717) is 11.7 Å². The van der Waals surface area contributed by atoms with Gasteiger partial charge in [-0.3, -0.25) is 0 Å². The smallest absolute Gasteiger partial charge is 0.162 e. The van der Waals surface area contributed by atoms with Gasteiger partial charge in [0.05, 0.1) is 9.26 Å². The van der Waals surface area contributed by atoms with Crippen molar-refractivity contribution in [1.29, 1.82) is 0 Å². The molecule has 20 heavy (non-hydrogen) atoms. The van der Waals surface area contributed by atoms with Gasteiger partial charge in [0.15, 0.2) is 5.82 Å². The second-order valence-corrected chi connectivity index (χ2v) is 6.64. The molecule has 0 radical (unpaired) electrons. The summed E-state index contributed by atoms with van der Waals surface area (Å²) in [4.78, 5) is 9.26. The van der Waals surface area contributed by atoms with E-state index >= 15 is 0 Å². The lowest BCUT2D eigenvalue weighted by Crippen LogP contribution is -2.08. The third kappa shape index (κ3) is 3.11. The van der Waals surface area contributed by atoms with E-state index < -0.39 is 0 Å². The summed E-state index contributed by atoms with van der Waals surface area (Å²) in [7, 11) is 0. The molecule has 0 bridgehead atoms. The van der Waals surface area contributed by atoms with Gasteiger partial charge >= 0.3 is 0 Å². The van der Waals surface area contributed by atoms with Crippen LogP contribution in [0.3, 0.4) is 0 Å². The third-order valence-electron chi connectivity index (χ3n) is 3.25. The lowest BCUT2D eigenvalue weighted by molar-refractivity contribution is 0.632. The first-order chi connectivity index (χ1) is 9.40. The third-order valence-corrected chi connectivity index (χ3v) is 4.43. The Balaban J connectivity index is 2.61. The fourth-order valence-electron chi connectivity index (χ4n) is 2.31. The normalized spacial score (nSPS) is 11.1. The molecule has 0 atom stereocenters. The summed E-state index contributed by atoms with van der Waals surface area (Å²) in [6, 6.07) is 6.23. The number of nitrogens with two attached hydrogens (primary N) is 1. The minimum atomic E-state index is 0.545. The van der Waals surface area contributed by atoms with Gasteiger partial charge in [-0.2, -0.15) is 0 Å². The maximum atomic E-state index is 6.08. The fourth-order valence-corrected chi connectivity index (χ4v) is 2.78. The van der Waals surface area contributed by atoms with Crippen LogP contribution in [0.4, 0.5) is 5.82 Å². The van der Waals surface area contributed by atoms with Crippen molar-refractivity contribution < 1.29 is 0 Å². The highest BCUT2D eigenvalue weighted by Crippen LogP contribution is 2.28. The monoisotopic (exact) mass is 381 g/mol. The molecule has 1 aromatic heterocycles. The molecule has 0 aliphatic heterocycles. The molecular formula is C16H20IN3. The van der Waals surface area contributed by atoms with Gasteiger partial charge < -0.3 is 5.73 Å². The van der Waals surface area contributed by atoms with Gasteiger partial charge in [-0.25, -0.2) is 9.97 Å². The molecule has 0 aliphatic carbocycles. The maximum absolute atomic E-state index is 6.08. The molecule has 106 valence electrons. The van der Waals surface area contributed by atoms with Crippen LogP contribution >= 0.6 is 22.6 Å². The molecule has 0 fully saturated rings. The number of hydrogen-bond acceptors (Lipinski definition) is 3. The quantitative estimate of drug-likeness (QED) is 0.813. The van der Waals surface area contributed by atoms with E-state index in [4.69, 9.17) is 10.7 Å². The van der Waals surface area contributed by atoms with E-state index in [0.717, 1.165) is 27.1 Å². The van der Waals surface area contributed by atoms with E-state index in [2.05, 4.69) is 73.5 Å². The first kappa shape index (κ1) is 15.2. The van der Waals surface area contributed by atoms with E-state index in [9.17, 15) is 0 Å². The molecular weight excluding hydrogens is 361 g/mol. The zero-order chi connectivity index (χ0) is 14.9. The van der Waals surface area contributed by atoms with Gasteiger partial charge in [-0.15, -0.1) is 0 Å². The Kier molecular flexibility index (Phi) is 4.62. The predicted octanol–water partition coefficient (Wildman–Crippen LogP) is 4.15. The molecule has 3 nitrogen and oxygen atoms in total. The number of benzene rings is 1. The van der Waals surface area contributed by atoms with Gasteiger partial charge in [-0.1, -0.05) is 32.0 Å². The Morgan fingerprint density at radius 2 is 1.75 bits per heavy atom. The first-order valence-corrected chi connectivity index (χ1v) is 7.86. The van der Waals surface area contributed by atoms with E-state index in [-0.39, 0.29) is 0 Å². The zero-order valence-corrected chi connectivity index (χ0v) is 14.5. The van der Waals surface area contributed by atoms with Crippen LogP contribution in [0.5, 0.6) is 0 Å². The number of rotatable bonds is 3. The van der Waals surface area contributed by atoms with Crippen molar-refractivity contribution in [2.24, 2.45) is 5.92 Å². The maximum Gasteiger partial charge on any atom is 0.162 e. The van der Waals surface area contributed by atoms with Crippen LogP contribution in [-0.2, 0) is 6.42 Å². The summed E-state index contributed by atoms with van der Waals surface area (Å²) in [5.41, 5.74) is 10.6. The molecule has 0 saturated heterocycles. The Morgan fingerprint density at radius 3 is 2.30 bits per heavy atom. The molecule has 1 heterocycles. The molecule has 0 amide bonds. The van der Waals surface area contributed by atoms with E-state index in [1.54, 1.807) is 0 Å². The molecule has 0 aliphatic rings. The number of nitrogens with zero attached hydrogens (tertiary/aromatic N) is 2. The lowest BCUT2D eigenvalue weighted by Gasteiger charge is -2.13. The second kappa shape index (κ2) is 6.08. The molecule has 1 aromatic carbocycles. The van der Waals surface area contributed by atoms with Crippen molar-refractivity contribution in [2.75, 3.05) is 5.73 Å². The molecule has 2 rings (SSSR count). The van der Waals surface area contributed by atoms with Gasteiger partial charge in [0.1, 0.15) is 5.82 Å². The highest BCUT2D eigenvalue weighted by Gasteiger charge is 2.15. The Labute approximate surface area is 134 Å². The van der Waals surface area contributed by atoms with Crippen molar-refractivity contribution >= 4 is 28.4 Å². The molecule has 2 aromatic rings. The summed E-state index contributed by atoms with van der Waals surface area (Å²) >= 11 is 2.24. The number of aryl methyl sites for hydroxylation is 2. The Bertz CT molecular complexity index is 616. The average Bonchev–Trinajstić information content (AvgIpc) is 2.34. The predicted molar refractivity (Wildman–Crippen MR) is 92.6 cm³/mol. The average molecular weight is 381 g/mol. The summed E-state index contributed by atoms with van der Waals surface area (Å²) < 4.78 is 0.978. The molecule has 4 heteroatoms. The van der Waals surface area contributed by atoms with Crippen LogP contribution in [0.1, 0.15) is 30.7 Å². The summed E-state index contributed by atoms with van der Waals surface area (Å²) in [5.74, 6) is 1.87. The van der Waals surface area contributed by atoms with Crippen LogP contribution in [0.25, 0.3) is 11.4 Å². The van der Waals surface area contributed by atoms with Crippen molar-refractivity contribution in [3.63, 3.8) is 0 Å². The van der Waals surface area contributed by atoms with Crippen molar-refractivity contribution in [3.8, 4) is 11.4 Å². The van der Waals surface area contributed by atoms with Gasteiger partial charge in [0.25, 0.3) is 0 Å². The standard InChI is InChI=1S/C16H20IN3/c1-9(2)8-12-14(17)15(18)20-16(19-12)13-10(3)6-5-7-11(13)4/h5-7,9H,8H2,1-4H3,(H2,18,19,20). The summed E-state index contributed by atoms with van der Waals surface area (Å²) in [5, 5.41) is 0. The van der Waals surface area contributed by atoms with E-state index in [1.807, 2.05) is 0 Å². The largest absolute Gasteiger partial charge is 0.383 e. The second-order valence-electron chi connectivity index (χ2n) is 5.56. The first-order valence-electron chi connectivity index (χ1n) is 6.78. The number of hydrogen-bond donors (Lipinski definition) is 1. The lowest BCUT2D eigenvalue weighted by atomic mass is 10.0. The molecule has 0 unspecified atom stereocenters. The number of nitrogen functional groups attached to an aromatic ring is 1. The highest BCUT2D eigenvalue weighted by molar-refractivity contribution is 14.1. The number of halogens is 1. The molecule has 0 spiro atoms. The molecule has 2 N–H and O–H groups in total. The number of anilines is 1. The van der Waals surface area contributed by atoms with E-state index in [1.165, 1.54) is 11.1 Å². The Hall–Kier alpha value is -1.17. The van der Waals surface area contributed by atoms with Crippen molar-refractivity contribution in [1.82, 2.24) is 9.97 Å². The van der Waals surface area contributed by atoms with Crippen LogP contribution in [0.15, 0.2) is 18.2 Å². The Morgan fingerprint density at radius 1 is 1.15 bits per heavy atom. The van der Waals surface area contributed by atoms with Crippen molar-refractivity contribution in [3.05, 3.63) is 38.6 Å². The minimum Gasteiger partial charge on any atom is -0.383 e. The van der Waals surface area contributed by atoms with Gasteiger partial charge in [0, 0.05) is 5.56 Å². The molecule has 0 saturated carbocycles.